The number of hydrogen-bond acceptors (Lipinski definition) is 4. The predicted octanol–water partition coefficient (Wildman–Crippen LogP) is -0.628. The molecule has 0 aromatic carbocycles. The van der Waals surface area contributed by atoms with Gasteiger partial charge in [0, 0.05) is 51.7 Å². The fourth-order valence-electron chi connectivity index (χ4n) is 3.40. The molecule has 0 saturated carbocycles. The first-order chi connectivity index (χ1) is 6.93. The topological polar surface area (TPSA) is 13.0 Å². The largest absolute Gasteiger partial charge is 0.352 e. The van der Waals surface area contributed by atoms with Gasteiger partial charge in [0.15, 0.2) is 0 Å². The normalized spacial score (nSPS) is 40.9. The molecule has 3 fully saturated rings. The van der Waals surface area contributed by atoms with Crippen LogP contribution in [0.25, 0.3) is 0 Å². The summed E-state index contributed by atoms with van der Waals surface area (Å²) in [5, 5.41) is 0. The Labute approximate surface area is 84.4 Å². The molecule has 0 radical (unpaired) electrons. The molecule has 4 aliphatic heterocycles. The summed E-state index contributed by atoms with van der Waals surface area (Å²) in [5.41, 5.74) is 0. The second kappa shape index (κ2) is 2.44. The zero-order valence-electron chi connectivity index (χ0n) is 8.34. The van der Waals surface area contributed by atoms with Crippen LogP contribution in [0.4, 0.5) is 0 Å². The summed E-state index contributed by atoms with van der Waals surface area (Å²) in [5.74, 6) is 0. The van der Waals surface area contributed by atoms with Gasteiger partial charge in [-0.05, 0) is 0 Å². The van der Waals surface area contributed by atoms with Crippen molar-refractivity contribution in [3.8, 4) is 0 Å². The van der Waals surface area contributed by atoms with Gasteiger partial charge in [-0.1, -0.05) is 0 Å². The van der Waals surface area contributed by atoms with Gasteiger partial charge in [0.05, 0.1) is 0 Å². The van der Waals surface area contributed by atoms with Crippen molar-refractivity contribution >= 4 is 0 Å². The third-order valence-corrected chi connectivity index (χ3v) is 4.11. The molecule has 0 bridgehead atoms. The SMILES string of the molecule is C1=CN2CCN3CCN4CCN1C2C43. The quantitative estimate of drug-likeness (QED) is 0.507. The number of hydrogen-bond donors (Lipinski definition) is 0. The maximum atomic E-state index is 2.65. The highest BCUT2D eigenvalue weighted by Crippen LogP contribution is 2.33. The number of rotatable bonds is 0. The van der Waals surface area contributed by atoms with Gasteiger partial charge in [-0.25, -0.2) is 0 Å². The summed E-state index contributed by atoms with van der Waals surface area (Å²) in [6.07, 6.45) is 5.86. The Bertz CT molecular complexity index is 264. The molecule has 14 heavy (non-hydrogen) atoms. The third-order valence-electron chi connectivity index (χ3n) is 4.11. The minimum Gasteiger partial charge on any atom is -0.352 e. The van der Waals surface area contributed by atoms with Crippen LogP contribution in [-0.4, -0.2) is 71.2 Å². The molecule has 0 unspecified atom stereocenters. The molecule has 0 aromatic heterocycles. The number of piperazine rings is 2. The molecule has 0 N–H and O–H groups in total. The Morgan fingerprint density at radius 1 is 0.643 bits per heavy atom. The van der Waals surface area contributed by atoms with Gasteiger partial charge in [0.1, 0.15) is 12.3 Å². The lowest BCUT2D eigenvalue weighted by Gasteiger charge is -2.50. The zero-order chi connectivity index (χ0) is 9.12. The number of nitrogens with zero attached hydrogens (tertiary/aromatic N) is 4. The lowest BCUT2D eigenvalue weighted by molar-refractivity contribution is -0.0674. The van der Waals surface area contributed by atoms with Crippen molar-refractivity contribution in [2.45, 2.75) is 12.3 Å². The third kappa shape index (κ3) is 0.769. The highest BCUT2D eigenvalue weighted by Gasteiger charge is 2.49. The van der Waals surface area contributed by atoms with Crippen molar-refractivity contribution in [1.82, 2.24) is 19.6 Å². The molecule has 0 aliphatic carbocycles. The molecule has 0 atom stereocenters. The summed E-state index contributed by atoms with van der Waals surface area (Å²) in [6, 6.07) is 0. The first-order valence-corrected chi connectivity index (χ1v) is 5.61. The Hall–Kier alpha value is -0.740. The Kier molecular flexibility index (Phi) is 1.31. The van der Waals surface area contributed by atoms with Crippen molar-refractivity contribution < 1.29 is 0 Å². The molecule has 4 heteroatoms. The molecule has 4 nitrogen and oxygen atoms in total. The second-order valence-corrected chi connectivity index (χ2v) is 4.67. The first-order valence-electron chi connectivity index (χ1n) is 5.61. The fourth-order valence-corrected chi connectivity index (χ4v) is 3.40. The Morgan fingerprint density at radius 3 is 1.71 bits per heavy atom. The monoisotopic (exact) mass is 192 g/mol. The van der Waals surface area contributed by atoms with E-state index in [4.69, 9.17) is 0 Å². The average molecular weight is 192 g/mol. The van der Waals surface area contributed by atoms with Crippen molar-refractivity contribution in [2.75, 3.05) is 39.3 Å². The van der Waals surface area contributed by atoms with Crippen LogP contribution < -0.4 is 0 Å². The predicted molar refractivity (Wildman–Crippen MR) is 53.3 cm³/mol. The summed E-state index contributed by atoms with van der Waals surface area (Å²) >= 11 is 0. The van der Waals surface area contributed by atoms with Crippen LogP contribution in [-0.2, 0) is 0 Å². The van der Waals surface area contributed by atoms with E-state index in [1.807, 2.05) is 0 Å². The van der Waals surface area contributed by atoms with Crippen molar-refractivity contribution in [1.29, 1.82) is 0 Å². The Balaban J connectivity index is 1.75. The molecule has 76 valence electrons. The first kappa shape index (κ1) is 7.54. The van der Waals surface area contributed by atoms with Crippen molar-refractivity contribution in [2.24, 2.45) is 0 Å². The highest BCUT2D eigenvalue weighted by atomic mass is 15.6. The minimum absolute atomic E-state index is 0.625. The van der Waals surface area contributed by atoms with E-state index in [0.717, 1.165) is 0 Å². The van der Waals surface area contributed by atoms with E-state index in [1.54, 1.807) is 0 Å². The lowest BCUT2D eigenvalue weighted by Crippen LogP contribution is -2.66. The van der Waals surface area contributed by atoms with Crippen LogP contribution >= 0.6 is 0 Å². The summed E-state index contributed by atoms with van der Waals surface area (Å²) in [7, 11) is 0. The van der Waals surface area contributed by atoms with E-state index in [0.29, 0.717) is 12.3 Å². The van der Waals surface area contributed by atoms with E-state index in [1.165, 1.54) is 39.3 Å². The van der Waals surface area contributed by atoms with Crippen molar-refractivity contribution in [3.63, 3.8) is 0 Å². The van der Waals surface area contributed by atoms with E-state index in [2.05, 4.69) is 32.0 Å². The van der Waals surface area contributed by atoms with E-state index < -0.39 is 0 Å². The van der Waals surface area contributed by atoms with Crippen LogP contribution in [0.15, 0.2) is 12.4 Å². The van der Waals surface area contributed by atoms with Crippen LogP contribution in [0, 0.1) is 0 Å². The summed E-state index contributed by atoms with van der Waals surface area (Å²) < 4.78 is 0. The van der Waals surface area contributed by atoms with Gasteiger partial charge in [0.2, 0.25) is 0 Å². The molecule has 0 amide bonds. The molecule has 3 saturated heterocycles. The zero-order valence-corrected chi connectivity index (χ0v) is 8.34. The van der Waals surface area contributed by atoms with Gasteiger partial charge in [-0.2, -0.15) is 0 Å². The summed E-state index contributed by atoms with van der Waals surface area (Å²) in [6.45, 7) is 7.47. The molecule has 0 spiro atoms. The second-order valence-electron chi connectivity index (χ2n) is 4.67. The maximum absolute atomic E-state index is 2.65. The molecule has 4 aliphatic rings. The summed E-state index contributed by atoms with van der Waals surface area (Å²) in [4.78, 5) is 10.3. The van der Waals surface area contributed by atoms with Gasteiger partial charge >= 0.3 is 0 Å². The minimum atomic E-state index is 0.625. The van der Waals surface area contributed by atoms with Crippen LogP contribution in [0.5, 0.6) is 0 Å². The average Bonchev–Trinajstić information content (AvgIpc) is 2.77. The van der Waals surface area contributed by atoms with Crippen molar-refractivity contribution in [3.05, 3.63) is 12.4 Å². The van der Waals surface area contributed by atoms with Gasteiger partial charge in [-0.3, -0.25) is 9.80 Å². The molecule has 0 aromatic rings. The smallest absolute Gasteiger partial charge is 0.131 e. The standard InChI is InChI=1S/C10H16N4/c1-2-12-7-8-14-4-3-13-6-5-11(1)9(12)10(13)14/h1-2,9-10H,3-8H2. The van der Waals surface area contributed by atoms with E-state index in [9.17, 15) is 0 Å². The lowest BCUT2D eigenvalue weighted by atomic mass is 10.2. The molecule has 4 heterocycles. The van der Waals surface area contributed by atoms with Crippen LogP contribution in [0.3, 0.4) is 0 Å². The van der Waals surface area contributed by atoms with E-state index in [-0.39, 0.29) is 0 Å². The van der Waals surface area contributed by atoms with Crippen LogP contribution in [0.1, 0.15) is 0 Å². The molecular weight excluding hydrogens is 176 g/mol. The molecule has 4 rings (SSSR count). The maximum Gasteiger partial charge on any atom is 0.131 e. The van der Waals surface area contributed by atoms with E-state index >= 15 is 0 Å². The van der Waals surface area contributed by atoms with Gasteiger partial charge in [-0.15, -0.1) is 0 Å². The van der Waals surface area contributed by atoms with Crippen LogP contribution in [0.2, 0.25) is 0 Å². The molecular formula is C10H16N4. The fraction of sp³-hybridized carbons (Fsp3) is 0.800. The Morgan fingerprint density at radius 2 is 1.14 bits per heavy atom. The van der Waals surface area contributed by atoms with Gasteiger partial charge < -0.3 is 9.80 Å². The van der Waals surface area contributed by atoms with Gasteiger partial charge in [0.25, 0.3) is 0 Å². The highest BCUT2D eigenvalue weighted by molar-refractivity contribution is 5.09.